The smallest absolute Gasteiger partial charge is 0.231 e. The fourth-order valence-electron chi connectivity index (χ4n) is 4.30. The standard InChI is InChI=1S/C22H23NO4/c24-22(17-4-6-20-21(11-17)27-14-26-20)18-2-1-8-23(13-18)12-15-3-5-19-16(10-15)7-9-25-19/h3-6,10-11,18H,1-2,7-9,12-14H2. The molecule has 5 rings (SSSR count). The summed E-state index contributed by atoms with van der Waals surface area (Å²) in [5.41, 5.74) is 3.33. The predicted octanol–water partition coefficient (Wildman–Crippen LogP) is 3.45. The molecule has 5 nitrogen and oxygen atoms in total. The topological polar surface area (TPSA) is 48.0 Å². The molecule has 0 aromatic heterocycles. The van der Waals surface area contributed by atoms with Crippen molar-refractivity contribution in [2.24, 2.45) is 5.92 Å². The maximum atomic E-state index is 13.0. The zero-order valence-corrected chi connectivity index (χ0v) is 15.3. The highest BCUT2D eigenvalue weighted by Gasteiger charge is 2.28. The van der Waals surface area contributed by atoms with E-state index in [4.69, 9.17) is 14.2 Å². The molecule has 27 heavy (non-hydrogen) atoms. The second-order valence-corrected chi connectivity index (χ2v) is 7.55. The van der Waals surface area contributed by atoms with E-state index in [0.29, 0.717) is 5.75 Å². The third kappa shape index (κ3) is 3.28. The van der Waals surface area contributed by atoms with Crippen molar-refractivity contribution in [1.29, 1.82) is 0 Å². The van der Waals surface area contributed by atoms with Gasteiger partial charge < -0.3 is 14.2 Å². The Morgan fingerprint density at radius 3 is 2.89 bits per heavy atom. The number of rotatable bonds is 4. The molecule has 0 bridgehead atoms. The third-order valence-electron chi connectivity index (χ3n) is 5.69. The van der Waals surface area contributed by atoms with Crippen molar-refractivity contribution in [3.63, 3.8) is 0 Å². The molecule has 2 aromatic rings. The molecule has 0 radical (unpaired) electrons. The van der Waals surface area contributed by atoms with Crippen LogP contribution < -0.4 is 14.2 Å². The Balaban J connectivity index is 1.27. The summed E-state index contributed by atoms with van der Waals surface area (Å²) in [4.78, 5) is 15.4. The molecule has 1 unspecified atom stereocenters. The van der Waals surface area contributed by atoms with E-state index in [1.807, 2.05) is 18.2 Å². The van der Waals surface area contributed by atoms with Crippen LogP contribution in [0, 0.1) is 5.92 Å². The number of hydrogen-bond donors (Lipinski definition) is 0. The van der Waals surface area contributed by atoms with Gasteiger partial charge in [0.05, 0.1) is 6.61 Å². The molecule has 1 atom stereocenters. The number of ether oxygens (including phenoxy) is 3. The highest BCUT2D eigenvalue weighted by molar-refractivity contribution is 5.98. The Bertz CT molecular complexity index is 879. The van der Waals surface area contributed by atoms with Gasteiger partial charge in [-0.1, -0.05) is 12.1 Å². The molecule has 1 saturated heterocycles. The van der Waals surface area contributed by atoms with Crippen LogP contribution in [0.5, 0.6) is 17.2 Å². The van der Waals surface area contributed by atoms with Gasteiger partial charge in [0.15, 0.2) is 17.3 Å². The molecule has 1 fully saturated rings. The van der Waals surface area contributed by atoms with Gasteiger partial charge in [-0.2, -0.15) is 0 Å². The van der Waals surface area contributed by atoms with Gasteiger partial charge in [-0.25, -0.2) is 0 Å². The van der Waals surface area contributed by atoms with Crippen LogP contribution in [0.25, 0.3) is 0 Å². The number of fused-ring (bicyclic) bond motifs is 2. The third-order valence-corrected chi connectivity index (χ3v) is 5.69. The molecular weight excluding hydrogens is 342 g/mol. The van der Waals surface area contributed by atoms with E-state index in [1.165, 1.54) is 11.1 Å². The summed E-state index contributed by atoms with van der Waals surface area (Å²) in [5.74, 6) is 2.66. The van der Waals surface area contributed by atoms with Crippen LogP contribution in [0.3, 0.4) is 0 Å². The molecule has 0 amide bonds. The summed E-state index contributed by atoms with van der Waals surface area (Å²) in [5, 5.41) is 0. The Hall–Kier alpha value is -2.53. The summed E-state index contributed by atoms with van der Waals surface area (Å²) < 4.78 is 16.4. The van der Waals surface area contributed by atoms with Crippen molar-refractivity contribution in [1.82, 2.24) is 4.90 Å². The maximum Gasteiger partial charge on any atom is 0.231 e. The molecule has 3 aliphatic rings. The zero-order valence-electron chi connectivity index (χ0n) is 15.3. The second-order valence-electron chi connectivity index (χ2n) is 7.55. The minimum Gasteiger partial charge on any atom is -0.493 e. The van der Waals surface area contributed by atoms with E-state index < -0.39 is 0 Å². The van der Waals surface area contributed by atoms with Crippen molar-refractivity contribution in [2.75, 3.05) is 26.5 Å². The number of piperidine rings is 1. The Morgan fingerprint density at radius 1 is 1.04 bits per heavy atom. The number of Topliss-reactive ketones (excluding diaryl/α,β-unsaturated/α-hetero) is 1. The molecule has 0 aliphatic carbocycles. The largest absolute Gasteiger partial charge is 0.493 e. The van der Waals surface area contributed by atoms with Crippen LogP contribution >= 0.6 is 0 Å². The van der Waals surface area contributed by atoms with Crippen LogP contribution in [0.4, 0.5) is 0 Å². The molecule has 0 N–H and O–H groups in total. The van der Waals surface area contributed by atoms with Crippen molar-refractivity contribution < 1.29 is 19.0 Å². The van der Waals surface area contributed by atoms with Gasteiger partial charge in [0.1, 0.15) is 5.75 Å². The van der Waals surface area contributed by atoms with E-state index in [9.17, 15) is 4.79 Å². The first-order valence-corrected chi connectivity index (χ1v) is 9.67. The molecule has 0 saturated carbocycles. The number of benzene rings is 2. The van der Waals surface area contributed by atoms with Crippen LogP contribution in [-0.4, -0.2) is 37.2 Å². The minimum atomic E-state index is 0.0388. The van der Waals surface area contributed by atoms with E-state index in [2.05, 4.69) is 23.1 Å². The number of nitrogens with zero attached hydrogens (tertiary/aromatic N) is 1. The van der Waals surface area contributed by atoms with Crippen molar-refractivity contribution in [3.05, 3.63) is 53.1 Å². The van der Waals surface area contributed by atoms with Crippen molar-refractivity contribution >= 4 is 5.78 Å². The summed E-state index contributed by atoms with van der Waals surface area (Å²) in [6.45, 7) is 3.75. The zero-order chi connectivity index (χ0) is 18.2. The average Bonchev–Trinajstić information content (AvgIpc) is 3.35. The first-order chi connectivity index (χ1) is 13.3. The van der Waals surface area contributed by atoms with E-state index in [1.54, 1.807) is 0 Å². The number of likely N-dealkylation sites (tertiary alicyclic amines) is 1. The van der Waals surface area contributed by atoms with E-state index in [0.717, 1.165) is 62.6 Å². The first-order valence-electron chi connectivity index (χ1n) is 9.67. The van der Waals surface area contributed by atoms with Crippen molar-refractivity contribution in [2.45, 2.75) is 25.8 Å². The van der Waals surface area contributed by atoms with Gasteiger partial charge in [0, 0.05) is 31.0 Å². The van der Waals surface area contributed by atoms with Crippen molar-refractivity contribution in [3.8, 4) is 17.2 Å². The van der Waals surface area contributed by atoms with E-state index >= 15 is 0 Å². The van der Waals surface area contributed by atoms with E-state index in [-0.39, 0.29) is 18.5 Å². The normalized spacial score (nSPS) is 21.0. The molecule has 2 aromatic carbocycles. The Morgan fingerprint density at radius 2 is 1.93 bits per heavy atom. The predicted molar refractivity (Wildman–Crippen MR) is 101 cm³/mol. The van der Waals surface area contributed by atoms with Gasteiger partial charge in [-0.15, -0.1) is 0 Å². The highest BCUT2D eigenvalue weighted by atomic mass is 16.7. The van der Waals surface area contributed by atoms with Crippen LogP contribution in [0.2, 0.25) is 0 Å². The monoisotopic (exact) mass is 365 g/mol. The Kier molecular flexibility index (Phi) is 4.24. The van der Waals surface area contributed by atoms with Crippen LogP contribution in [0.1, 0.15) is 34.3 Å². The van der Waals surface area contributed by atoms with Gasteiger partial charge >= 0.3 is 0 Å². The highest BCUT2D eigenvalue weighted by Crippen LogP contribution is 2.34. The molecule has 3 heterocycles. The van der Waals surface area contributed by atoms with Gasteiger partial charge in [-0.3, -0.25) is 9.69 Å². The molecule has 3 aliphatic heterocycles. The SMILES string of the molecule is O=C(c1ccc2c(c1)OCO2)C1CCCN(Cc2ccc3c(c2)CCO3)C1. The number of hydrogen-bond acceptors (Lipinski definition) is 5. The Labute approximate surface area is 158 Å². The second kappa shape index (κ2) is 6.89. The fraction of sp³-hybridized carbons (Fsp3) is 0.409. The lowest BCUT2D eigenvalue weighted by molar-refractivity contribution is 0.0811. The number of ketones is 1. The summed E-state index contributed by atoms with van der Waals surface area (Å²) in [6.07, 6.45) is 2.99. The van der Waals surface area contributed by atoms with Crippen LogP contribution in [0.15, 0.2) is 36.4 Å². The van der Waals surface area contributed by atoms with Gasteiger partial charge in [0.2, 0.25) is 6.79 Å². The molecule has 0 spiro atoms. The van der Waals surface area contributed by atoms with Gasteiger partial charge in [-0.05, 0) is 54.8 Å². The maximum absolute atomic E-state index is 13.0. The van der Waals surface area contributed by atoms with Crippen LogP contribution in [-0.2, 0) is 13.0 Å². The van der Waals surface area contributed by atoms with Gasteiger partial charge in [0.25, 0.3) is 0 Å². The quantitative estimate of drug-likeness (QED) is 0.777. The summed E-state index contributed by atoms with van der Waals surface area (Å²) in [6, 6.07) is 12.0. The lowest BCUT2D eigenvalue weighted by Gasteiger charge is -2.32. The molecule has 140 valence electrons. The minimum absolute atomic E-state index is 0.0388. The lowest BCUT2D eigenvalue weighted by atomic mass is 9.89. The summed E-state index contributed by atoms with van der Waals surface area (Å²) >= 11 is 0. The lowest BCUT2D eigenvalue weighted by Crippen LogP contribution is -2.38. The number of carbonyl (C=O) groups excluding carboxylic acids is 1. The molecule has 5 heteroatoms. The average molecular weight is 365 g/mol. The first kappa shape index (κ1) is 16.6. The number of carbonyl (C=O) groups is 1. The fourth-order valence-corrected chi connectivity index (χ4v) is 4.30. The summed E-state index contributed by atoms with van der Waals surface area (Å²) in [7, 11) is 0. The molecular formula is C22H23NO4.